The van der Waals surface area contributed by atoms with E-state index in [0.717, 1.165) is 59.6 Å². The van der Waals surface area contributed by atoms with Gasteiger partial charge >= 0.3 is 6.03 Å². The number of piperazine rings is 1. The average Bonchev–Trinajstić information content (AvgIpc) is 3.32. The number of amides is 3. The SMILES string of the molecule is Cc1c(C(=O)N2CCN(C3CCCCC3)CC2)c2ccccc2n1-c1ccc(NC(=O)NCc2cccnc2)cc1. The Morgan fingerprint density at radius 1 is 0.902 bits per heavy atom. The molecule has 0 unspecified atom stereocenters. The Hall–Kier alpha value is -4.17. The van der Waals surface area contributed by atoms with Crippen LogP contribution in [0.2, 0.25) is 0 Å². The highest BCUT2D eigenvalue weighted by Gasteiger charge is 2.30. The van der Waals surface area contributed by atoms with Crippen molar-refractivity contribution < 1.29 is 9.59 Å². The monoisotopic (exact) mass is 550 g/mol. The highest BCUT2D eigenvalue weighted by Crippen LogP contribution is 2.31. The third kappa shape index (κ3) is 5.84. The highest BCUT2D eigenvalue weighted by molar-refractivity contribution is 6.09. The molecule has 2 aromatic heterocycles. The van der Waals surface area contributed by atoms with Gasteiger partial charge in [-0.15, -0.1) is 0 Å². The summed E-state index contributed by atoms with van der Waals surface area (Å²) in [7, 11) is 0. The molecule has 6 rings (SSSR count). The van der Waals surface area contributed by atoms with Crippen molar-refractivity contribution in [3.05, 3.63) is 89.9 Å². The molecule has 4 aromatic rings. The van der Waals surface area contributed by atoms with E-state index in [9.17, 15) is 9.59 Å². The van der Waals surface area contributed by atoms with E-state index in [0.29, 0.717) is 18.3 Å². The van der Waals surface area contributed by atoms with E-state index in [1.165, 1.54) is 32.1 Å². The van der Waals surface area contributed by atoms with Gasteiger partial charge in [0.15, 0.2) is 0 Å². The predicted octanol–water partition coefficient (Wildman–Crippen LogP) is 5.75. The fourth-order valence-corrected chi connectivity index (χ4v) is 6.42. The minimum Gasteiger partial charge on any atom is -0.336 e. The summed E-state index contributed by atoms with van der Waals surface area (Å²) in [4.78, 5) is 35.1. The molecule has 0 bridgehead atoms. The zero-order valence-electron chi connectivity index (χ0n) is 23.7. The minimum absolute atomic E-state index is 0.115. The number of urea groups is 1. The second kappa shape index (κ2) is 12.1. The molecule has 8 heteroatoms. The quantitative estimate of drug-likeness (QED) is 0.321. The van der Waals surface area contributed by atoms with Gasteiger partial charge in [0, 0.05) is 73.6 Å². The van der Waals surface area contributed by atoms with Gasteiger partial charge in [-0.2, -0.15) is 0 Å². The van der Waals surface area contributed by atoms with Crippen LogP contribution in [0, 0.1) is 6.92 Å². The van der Waals surface area contributed by atoms with E-state index in [1.54, 1.807) is 12.4 Å². The van der Waals surface area contributed by atoms with Crippen LogP contribution in [0.15, 0.2) is 73.1 Å². The van der Waals surface area contributed by atoms with E-state index in [-0.39, 0.29) is 11.9 Å². The standard InChI is InChI=1S/C33H38N6O2/c1-24-31(32(40)38-20-18-37(19-21-38)27-9-3-2-4-10-27)29-11-5-6-12-30(29)39(24)28-15-13-26(14-16-28)36-33(41)35-23-25-8-7-17-34-22-25/h5-8,11-17,22,27H,2-4,9-10,18-21,23H2,1H3,(H2,35,36,41). The summed E-state index contributed by atoms with van der Waals surface area (Å²) in [6.45, 7) is 5.90. The zero-order valence-corrected chi connectivity index (χ0v) is 23.7. The molecule has 1 aliphatic carbocycles. The van der Waals surface area contributed by atoms with Crippen LogP contribution in [0.4, 0.5) is 10.5 Å². The number of rotatable bonds is 6. The molecule has 212 valence electrons. The van der Waals surface area contributed by atoms with Crippen LogP contribution in [0.1, 0.15) is 53.7 Å². The van der Waals surface area contributed by atoms with E-state index in [4.69, 9.17) is 0 Å². The van der Waals surface area contributed by atoms with Crippen molar-refractivity contribution in [1.29, 1.82) is 0 Å². The summed E-state index contributed by atoms with van der Waals surface area (Å²) >= 11 is 0. The van der Waals surface area contributed by atoms with Crippen molar-refractivity contribution in [2.45, 2.75) is 51.6 Å². The van der Waals surface area contributed by atoms with Crippen molar-refractivity contribution in [3.63, 3.8) is 0 Å². The topological polar surface area (TPSA) is 82.5 Å². The smallest absolute Gasteiger partial charge is 0.319 e. The molecular weight excluding hydrogens is 512 g/mol. The molecular formula is C33H38N6O2. The Bertz CT molecular complexity index is 1500. The summed E-state index contributed by atoms with van der Waals surface area (Å²) < 4.78 is 2.15. The van der Waals surface area contributed by atoms with Crippen LogP contribution in [-0.2, 0) is 6.54 Å². The van der Waals surface area contributed by atoms with Crippen molar-refractivity contribution in [2.75, 3.05) is 31.5 Å². The first kappa shape index (κ1) is 27.0. The first-order valence-electron chi connectivity index (χ1n) is 14.8. The molecule has 2 N–H and O–H groups in total. The largest absolute Gasteiger partial charge is 0.336 e. The molecule has 3 amide bonds. The number of aromatic nitrogens is 2. The van der Waals surface area contributed by atoms with Crippen LogP contribution in [-0.4, -0.2) is 63.5 Å². The summed E-state index contributed by atoms with van der Waals surface area (Å²) in [5, 5.41) is 6.72. The average molecular weight is 551 g/mol. The first-order valence-corrected chi connectivity index (χ1v) is 14.8. The first-order chi connectivity index (χ1) is 20.1. The zero-order chi connectivity index (χ0) is 28.2. The van der Waals surface area contributed by atoms with Gasteiger partial charge in [0.2, 0.25) is 0 Å². The number of anilines is 1. The van der Waals surface area contributed by atoms with Crippen LogP contribution < -0.4 is 10.6 Å². The molecule has 1 saturated heterocycles. The molecule has 3 heterocycles. The molecule has 2 fully saturated rings. The minimum atomic E-state index is -0.277. The molecule has 0 radical (unpaired) electrons. The van der Waals surface area contributed by atoms with Crippen molar-refractivity contribution >= 4 is 28.5 Å². The summed E-state index contributed by atoms with van der Waals surface area (Å²) in [5.41, 5.74) is 5.29. The van der Waals surface area contributed by atoms with E-state index in [2.05, 4.69) is 31.2 Å². The van der Waals surface area contributed by atoms with Crippen LogP contribution in [0.5, 0.6) is 0 Å². The number of carbonyl (C=O) groups excluding carboxylic acids is 2. The molecule has 8 nitrogen and oxygen atoms in total. The Kier molecular flexibility index (Phi) is 8.00. The molecule has 0 atom stereocenters. The number of nitrogens with zero attached hydrogens (tertiary/aromatic N) is 4. The second-order valence-corrected chi connectivity index (χ2v) is 11.1. The number of carbonyl (C=O) groups is 2. The Balaban J connectivity index is 1.17. The molecule has 1 saturated carbocycles. The van der Waals surface area contributed by atoms with Gasteiger partial charge in [0.25, 0.3) is 5.91 Å². The van der Waals surface area contributed by atoms with Gasteiger partial charge in [-0.1, -0.05) is 43.5 Å². The fraction of sp³-hybridized carbons (Fsp3) is 0.364. The second-order valence-electron chi connectivity index (χ2n) is 11.1. The third-order valence-corrected chi connectivity index (χ3v) is 8.58. The van der Waals surface area contributed by atoms with Gasteiger partial charge < -0.3 is 20.1 Å². The van der Waals surface area contributed by atoms with Gasteiger partial charge in [-0.25, -0.2) is 4.79 Å². The summed E-state index contributed by atoms with van der Waals surface area (Å²) in [5.74, 6) is 0.115. The fourth-order valence-electron chi connectivity index (χ4n) is 6.42. The molecule has 41 heavy (non-hydrogen) atoms. The van der Waals surface area contributed by atoms with Crippen molar-refractivity contribution in [3.8, 4) is 5.69 Å². The van der Waals surface area contributed by atoms with Gasteiger partial charge in [-0.3, -0.25) is 14.7 Å². The lowest BCUT2D eigenvalue weighted by Crippen LogP contribution is -2.52. The number of nitrogens with one attached hydrogen (secondary N) is 2. The number of hydrogen-bond acceptors (Lipinski definition) is 4. The van der Waals surface area contributed by atoms with Crippen LogP contribution in [0.25, 0.3) is 16.6 Å². The van der Waals surface area contributed by atoms with Gasteiger partial charge in [0.1, 0.15) is 0 Å². The maximum atomic E-state index is 13.9. The van der Waals surface area contributed by atoms with E-state index < -0.39 is 0 Å². The molecule has 2 aromatic carbocycles. The van der Waals surface area contributed by atoms with Crippen molar-refractivity contribution in [2.24, 2.45) is 0 Å². The lowest BCUT2D eigenvalue weighted by Gasteiger charge is -2.40. The predicted molar refractivity (Wildman–Crippen MR) is 162 cm³/mol. The Labute approximate surface area is 241 Å². The van der Waals surface area contributed by atoms with Crippen molar-refractivity contribution in [1.82, 2.24) is 24.7 Å². The molecule has 0 spiro atoms. The number of benzene rings is 2. The van der Waals surface area contributed by atoms with Crippen LogP contribution >= 0.6 is 0 Å². The molecule has 1 aliphatic heterocycles. The number of hydrogen-bond donors (Lipinski definition) is 2. The van der Waals surface area contributed by atoms with E-state index >= 15 is 0 Å². The maximum Gasteiger partial charge on any atom is 0.319 e. The number of para-hydroxylation sites is 1. The van der Waals surface area contributed by atoms with Gasteiger partial charge in [-0.05, 0) is 61.7 Å². The lowest BCUT2D eigenvalue weighted by atomic mass is 9.94. The lowest BCUT2D eigenvalue weighted by molar-refractivity contribution is 0.0524. The van der Waals surface area contributed by atoms with Crippen LogP contribution in [0.3, 0.4) is 0 Å². The molecule has 2 aliphatic rings. The van der Waals surface area contributed by atoms with Gasteiger partial charge in [0.05, 0.1) is 11.1 Å². The Morgan fingerprint density at radius 3 is 2.39 bits per heavy atom. The highest BCUT2D eigenvalue weighted by atomic mass is 16.2. The summed E-state index contributed by atoms with van der Waals surface area (Å²) in [6.07, 6.45) is 10.1. The normalized spacial score (nSPS) is 16.6. The number of pyridine rings is 1. The van der Waals surface area contributed by atoms with E-state index in [1.807, 2.05) is 66.4 Å². The summed E-state index contributed by atoms with van der Waals surface area (Å²) in [6, 6.07) is 20.0. The number of fused-ring (bicyclic) bond motifs is 1. The third-order valence-electron chi connectivity index (χ3n) is 8.58. The maximum absolute atomic E-state index is 13.9. The Morgan fingerprint density at radius 2 is 1.66 bits per heavy atom.